The zero-order valence-corrected chi connectivity index (χ0v) is 19.5. The lowest BCUT2D eigenvalue weighted by Gasteiger charge is -2.27. The topological polar surface area (TPSA) is 146 Å². The second-order valence-corrected chi connectivity index (χ2v) is 9.58. The number of hydrogen-bond acceptors (Lipinski definition) is 8. The number of hydrogen-bond donors (Lipinski definition) is 1. The molecule has 3 unspecified atom stereocenters. The first-order chi connectivity index (χ1) is 15.6. The first-order valence-corrected chi connectivity index (χ1v) is 12.1. The molecule has 2 heterocycles. The molecule has 0 radical (unpaired) electrons. The van der Waals surface area contributed by atoms with Gasteiger partial charge in [-0.05, 0) is 50.2 Å². The van der Waals surface area contributed by atoms with Crippen molar-refractivity contribution in [1.82, 2.24) is 9.96 Å². The maximum absolute atomic E-state index is 12.4. The molecule has 0 spiro atoms. The lowest BCUT2D eigenvalue weighted by molar-refractivity contribution is -0.122. The van der Waals surface area contributed by atoms with Gasteiger partial charge in [-0.15, -0.1) is 4.28 Å². The predicted molar refractivity (Wildman–Crippen MR) is 116 cm³/mol. The number of hydroxylamine groups is 2. The lowest BCUT2D eigenvalue weighted by atomic mass is 10.0. The number of carbonyl (C=O) groups excluding carboxylic acids is 3. The number of aryl methyl sites for hydroxylation is 1. The van der Waals surface area contributed by atoms with Crippen molar-refractivity contribution in [3.8, 4) is 0 Å². The molecule has 2 aliphatic heterocycles. The molecular formula is C21H29N3O8S. The average Bonchev–Trinajstić information content (AvgIpc) is 2.99. The Morgan fingerprint density at radius 1 is 1.24 bits per heavy atom. The van der Waals surface area contributed by atoms with Crippen molar-refractivity contribution < 1.29 is 36.0 Å². The van der Waals surface area contributed by atoms with Crippen LogP contribution in [-0.4, -0.2) is 68.1 Å². The van der Waals surface area contributed by atoms with Crippen molar-refractivity contribution in [3.63, 3.8) is 0 Å². The zero-order valence-electron chi connectivity index (χ0n) is 18.6. The van der Waals surface area contributed by atoms with Gasteiger partial charge in [-0.2, -0.15) is 13.5 Å². The third kappa shape index (κ3) is 6.21. The molecular weight excluding hydrogens is 454 g/mol. The van der Waals surface area contributed by atoms with E-state index < -0.39 is 40.4 Å². The van der Waals surface area contributed by atoms with Gasteiger partial charge >= 0.3 is 22.4 Å². The Morgan fingerprint density at radius 2 is 1.97 bits per heavy atom. The Morgan fingerprint density at radius 3 is 2.67 bits per heavy atom. The maximum Gasteiger partial charge on any atom is 0.421 e. The van der Waals surface area contributed by atoms with Gasteiger partial charge in [0.2, 0.25) is 5.91 Å². The highest BCUT2D eigenvalue weighted by molar-refractivity contribution is 7.81. The molecule has 0 aliphatic carbocycles. The van der Waals surface area contributed by atoms with Gasteiger partial charge in [-0.3, -0.25) is 4.79 Å². The summed E-state index contributed by atoms with van der Waals surface area (Å²) < 4.78 is 39.5. The number of nitrogens with two attached hydrogens (primary N) is 1. The van der Waals surface area contributed by atoms with Crippen molar-refractivity contribution in [3.05, 3.63) is 35.4 Å². The highest BCUT2D eigenvalue weighted by Crippen LogP contribution is 2.30. The van der Waals surface area contributed by atoms with E-state index in [2.05, 4.69) is 0 Å². The predicted octanol–water partition coefficient (Wildman–Crippen LogP) is 1.52. The van der Waals surface area contributed by atoms with Gasteiger partial charge in [0, 0.05) is 6.54 Å². The molecule has 182 valence electrons. The van der Waals surface area contributed by atoms with Crippen LogP contribution < -0.4 is 5.73 Å². The van der Waals surface area contributed by atoms with Crippen LogP contribution in [0.25, 0.3) is 0 Å². The first kappa shape index (κ1) is 24.9. The van der Waals surface area contributed by atoms with Crippen LogP contribution in [-0.2, 0) is 28.4 Å². The van der Waals surface area contributed by atoms with Crippen molar-refractivity contribution >= 4 is 28.3 Å². The minimum atomic E-state index is -4.48. The van der Waals surface area contributed by atoms with Crippen molar-refractivity contribution in [2.45, 2.75) is 51.6 Å². The third-order valence-corrected chi connectivity index (χ3v) is 6.53. The Hall–Kier alpha value is -2.70. The molecule has 2 saturated heterocycles. The number of rotatable bonds is 11. The second kappa shape index (κ2) is 10.5. The number of esters is 1. The molecule has 33 heavy (non-hydrogen) atoms. The Kier molecular flexibility index (Phi) is 7.92. The van der Waals surface area contributed by atoms with E-state index in [1.165, 1.54) is 4.90 Å². The highest BCUT2D eigenvalue weighted by atomic mass is 32.3. The molecule has 1 aromatic rings. The van der Waals surface area contributed by atoms with Gasteiger partial charge in [0.1, 0.15) is 6.04 Å². The molecule has 0 aromatic heterocycles. The number of benzene rings is 1. The summed E-state index contributed by atoms with van der Waals surface area (Å²) in [5.41, 5.74) is 6.65. The quantitative estimate of drug-likeness (QED) is 0.368. The Bertz CT molecular complexity index is 999. The van der Waals surface area contributed by atoms with Crippen molar-refractivity contribution in [2.75, 3.05) is 19.8 Å². The third-order valence-electron chi connectivity index (χ3n) is 5.76. The van der Waals surface area contributed by atoms with Gasteiger partial charge in [0.15, 0.2) is 0 Å². The van der Waals surface area contributed by atoms with Crippen LogP contribution >= 0.6 is 0 Å². The van der Waals surface area contributed by atoms with Gasteiger partial charge in [0.25, 0.3) is 0 Å². The van der Waals surface area contributed by atoms with Crippen LogP contribution in [0.5, 0.6) is 0 Å². The summed E-state index contributed by atoms with van der Waals surface area (Å²) in [6.07, 6.45) is 1.82. The number of amides is 3. The molecule has 3 rings (SSSR count). The molecule has 2 aliphatic rings. The number of ether oxygens (including phenoxy) is 1. The van der Waals surface area contributed by atoms with Crippen LogP contribution in [0.4, 0.5) is 4.79 Å². The smallest absolute Gasteiger partial charge is 0.421 e. The summed E-state index contributed by atoms with van der Waals surface area (Å²) in [6.45, 7) is 3.82. The maximum atomic E-state index is 12.4. The van der Waals surface area contributed by atoms with Crippen LogP contribution in [0, 0.1) is 12.8 Å². The fourth-order valence-electron chi connectivity index (χ4n) is 3.90. The normalized spacial score (nSPS) is 21.2. The molecule has 3 amide bonds. The fourth-order valence-corrected chi connectivity index (χ4v) is 4.73. The summed E-state index contributed by atoms with van der Waals surface area (Å²) in [5, 5.41) is 0.744. The summed E-state index contributed by atoms with van der Waals surface area (Å²) in [6, 6.07) is 5.14. The van der Waals surface area contributed by atoms with Crippen LogP contribution in [0.15, 0.2) is 24.3 Å². The van der Waals surface area contributed by atoms with Crippen LogP contribution in [0.1, 0.15) is 48.5 Å². The molecule has 0 saturated carbocycles. The molecule has 1 aromatic carbocycles. The van der Waals surface area contributed by atoms with Crippen LogP contribution in [0.3, 0.4) is 0 Å². The molecule has 2 bridgehead atoms. The van der Waals surface area contributed by atoms with E-state index in [4.69, 9.17) is 18.9 Å². The largest absolute Gasteiger partial charge is 0.462 e. The molecule has 2 N–H and O–H groups in total. The number of nitrogens with zero attached hydrogens (tertiary/aromatic N) is 2. The van der Waals surface area contributed by atoms with E-state index in [0.29, 0.717) is 31.2 Å². The number of carbonyl (C=O) groups is 3. The van der Waals surface area contributed by atoms with Crippen LogP contribution in [0.2, 0.25) is 0 Å². The van der Waals surface area contributed by atoms with Gasteiger partial charge in [-0.25, -0.2) is 13.8 Å². The summed E-state index contributed by atoms with van der Waals surface area (Å²) in [4.78, 5) is 37.2. The number of urea groups is 1. The minimum absolute atomic E-state index is 0.158. The van der Waals surface area contributed by atoms with E-state index in [1.54, 1.807) is 19.1 Å². The SMILES string of the molecule is Cc1ccccc1C(=O)OCCCC(C)COS(=O)(=O)ON1C(=O)N2CC1CCC2C(N)=O. The molecule has 2 fully saturated rings. The summed E-state index contributed by atoms with van der Waals surface area (Å²) in [7, 11) is -4.48. The van der Waals surface area contributed by atoms with Gasteiger partial charge < -0.3 is 15.4 Å². The van der Waals surface area contributed by atoms with Gasteiger partial charge in [-0.1, -0.05) is 25.1 Å². The summed E-state index contributed by atoms with van der Waals surface area (Å²) in [5.74, 6) is -1.21. The fraction of sp³-hybridized carbons (Fsp3) is 0.571. The van der Waals surface area contributed by atoms with Crippen molar-refractivity contribution in [1.29, 1.82) is 0 Å². The standard InChI is InChI=1S/C21H29N3O8S/c1-14(6-5-11-30-20(26)17-8-4-3-7-15(17)2)13-31-33(28,29)32-24-16-9-10-18(19(22)25)23(12-16)21(24)27/h3-4,7-8,14,16,18H,5-6,9-13H2,1-2H3,(H2,22,25). The second-order valence-electron chi connectivity index (χ2n) is 8.38. The number of piperidine rings is 1. The lowest BCUT2D eigenvalue weighted by Crippen LogP contribution is -2.47. The highest BCUT2D eigenvalue weighted by Gasteiger charge is 2.49. The first-order valence-electron chi connectivity index (χ1n) is 10.8. The Balaban J connectivity index is 1.39. The Labute approximate surface area is 193 Å². The van der Waals surface area contributed by atoms with Gasteiger partial charge in [0.05, 0.1) is 24.8 Å². The van der Waals surface area contributed by atoms with E-state index in [9.17, 15) is 22.8 Å². The monoisotopic (exact) mass is 483 g/mol. The van der Waals surface area contributed by atoms with E-state index >= 15 is 0 Å². The minimum Gasteiger partial charge on any atom is -0.462 e. The molecule has 3 atom stereocenters. The molecule has 12 heteroatoms. The number of fused-ring (bicyclic) bond motifs is 2. The van der Waals surface area contributed by atoms with E-state index in [0.717, 1.165) is 10.6 Å². The zero-order chi connectivity index (χ0) is 24.2. The van der Waals surface area contributed by atoms with E-state index in [-0.39, 0.29) is 25.7 Å². The number of primary amides is 1. The van der Waals surface area contributed by atoms with E-state index in [1.807, 2.05) is 19.1 Å². The average molecular weight is 484 g/mol. The molecule has 11 nitrogen and oxygen atoms in total. The van der Waals surface area contributed by atoms with Crippen molar-refractivity contribution in [2.24, 2.45) is 11.7 Å². The summed E-state index contributed by atoms with van der Waals surface area (Å²) >= 11 is 0.